The smallest absolute Gasteiger partial charge is 0.254 e. The quantitative estimate of drug-likeness (QED) is 0.669. The summed E-state index contributed by atoms with van der Waals surface area (Å²) in [4.78, 5) is 29.3. The third-order valence-corrected chi connectivity index (χ3v) is 4.84. The van der Waals surface area contributed by atoms with Crippen molar-refractivity contribution in [2.45, 2.75) is 25.8 Å². The summed E-state index contributed by atoms with van der Waals surface area (Å²) in [6.45, 7) is 2.21. The molecule has 5 nitrogen and oxygen atoms in total. The van der Waals surface area contributed by atoms with Crippen LogP contribution in [-0.2, 0) is 11.2 Å². The molecule has 4 rings (SSSR count). The van der Waals surface area contributed by atoms with Gasteiger partial charge in [-0.2, -0.15) is 0 Å². The number of benzene rings is 2. The highest BCUT2D eigenvalue weighted by Gasteiger charge is 2.31. The number of nitrogens with zero attached hydrogens (tertiary/aromatic N) is 2. The van der Waals surface area contributed by atoms with Gasteiger partial charge < -0.3 is 15.4 Å². The summed E-state index contributed by atoms with van der Waals surface area (Å²) in [5.74, 6) is -0.0777. The van der Waals surface area contributed by atoms with Gasteiger partial charge in [-0.3, -0.25) is 9.78 Å². The van der Waals surface area contributed by atoms with Gasteiger partial charge in [-0.1, -0.05) is 48.0 Å². The normalized spacial score (nSPS) is 13.6. The summed E-state index contributed by atoms with van der Waals surface area (Å²) in [5.41, 5.74) is 8.83. The molecule has 0 radical (unpaired) electrons. The van der Waals surface area contributed by atoms with Gasteiger partial charge in [0.2, 0.25) is 0 Å². The summed E-state index contributed by atoms with van der Waals surface area (Å²) < 4.78 is 0. The van der Waals surface area contributed by atoms with Crippen LogP contribution < -0.4 is 5.73 Å². The van der Waals surface area contributed by atoms with E-state index in [9.17, 15) is 9.59 Å². The molecule has 0 saturated carbocycles. The molecule has 0 aliphatic heterocycles. The van der Waals surface area contributed by atoms with Crippen molar-refractivity contribution < 1.29 is 9.59 Å². The fraction of sp³-hybridized carbons (Fsp3) is 0.240. The minimum absolute atomic E-state index is 0.00601. The predicted octanol–water partition coefficient (Wildman–Crippen LogP) is 3.98. The van der Waals surface area contributed by atoms with Gasteiger partial charge in [0, 0.05) is 18.0 Å². The summed E-state index contributed by atoms with van der Waals surface area (Å²) in [6.07, 6.45) is 6.15. The van der Waals surface area contributed by atoms with Gasteiger partial charge in [0.25, 0.3) is 5.91 Å². The molecule has 0 fully saturated rings. The second kappa shape index (κ2) is 12.3. The number of aldehydes is 1. The zero-order valence-corrected chi connectivity index (χ0v) is 17.6. The van der Waals surface area contributed by atoms with Gasteiger partial charge >= 0.3 is 0 Å². The molecule has 0 bridgehead atoms. The summed E-state index contributed by atoms with van der Waals surface area (Å²) in [5, 5.41) is 0. The van der Waals surface area contributed by atoms with Crippen LogP contribution in [0.5, 0.6) is 0 Å². The first kappa shape index (κ1) is 23.0. The number of rotatable bonds is 4. The molecule has 1 amide bonds. The Balaban J connectivity index is 0.000000340. The Morgan fingerprint density at radius 3 is 2.30 bits per heavy atom. The van der Waals surface area contributed by atoms with Gasteiger partial charge in [0.05, 0.1) is 12.6 Å². The van der Waals surface area contributed by atoms with Crippen LogP contribution in [0.2, 0.25) is 0 Å². The minimum Gasteiger partial charge on any atom is -0.333 e. The van der Waals surface area contributed by atoms with E-state index in [4.69, 9.17) is 0 Å². The standard InChI is InChI=1S/C19H19NO2.C5H5N.CH5N/c1-14-7-9-17-16(13-14)8-10-18(17)20(11-12-21)19(22)15-5-3-2-4-6-15;1-2-4-6-5-3-1;1-2/h2-7,9,12-13,18H,8,10-11H2,1H3;1-5H;2H2,1H3. The summed E-state index contributed by atoms with van der Waals surface area (Å²) >= 11 is 0. The highest BCUT2D eigenvalue weighted by atomic mass is 16.2. The number of carbonyl (C=O) groups is 2. The highest BCUT2D eigenvalue weighted by molar-refractivity contribution is 5.95. The first-order valence-electron chi connectivity index (χ1n) is 10.0. The molecule has 1 aliphatic rings. The van der Waals surface area contributed by atoms with Crippen molar-refractivity contribution in [3.63, 3.8) is 0 Å². The van der Waals surface area contributed by atoms with E-state index in [2.05, 4.69) is 35.8 Å². The molecule has 3 aromatic rings. The average Bonchev–Trinajstić information content (AvgIpc) is 3.23. The number of aromatic nitrogens is 1. The maximum Gasteiger partial charge on any atom is 0.254 e. The third-order valence-electron chi connectivity index (χ3n) is 4.84. The van der Waals surface area contributed by atoms with Crippen LogP contribution >= 0.6 is 0 Å². The summed E-state index contributed by atoms with van der Waals surface area (Å²) in [6, 6.07) is 21.2. The Bertz CT molecular complexity index is 887. The van der Waals surface area contributed by atoms with Crippen molar-refractivity contribution in [3.05, 3.63) is 101 Å². The van der Waals surface area contributed by atoms with Crippen LogP contribution in [0.1, 0.15) is 39.5 Å². The first-order valence-corrected chi connectivity index (χ1v) is 10.0. The topological polar surface area (TPSA) is 76.3 Å². The van der Waals surface area contributed by atoms with E-state index in [1.165, 1.54) is 23.7 Å². The van der Waals surface area contributed by atoms with E-state index in [-0.39, 0.29) is 18.5 Å². The number of pyridine rings is 1. The van der Waals surface area contributed by atoms with Gasteiger partial charge in [0.15, 0.2) is 0 Å². The number of hydrogen-bond donors (Lipinski definition) is 1. The number of nitrogens with two attached hydrogens (primary N) is 1. The van der Waals surface area contributed by atoms with E-state index in [1.54, 1.807) is 29.4 Å². The molecule has 1 heterocycles. The zero-order chi connectivity index (χ0) is 21.8. The number of carbonyl (C=O) groups excluding carboxylic acids is 2. The second-order valence-corrected chi connectivity index (χ2v) is 6.77. The zero-order valence-electron chi connectivity index (χ0n) is 17.6. The van der Waals surface area contributed by atoms with Gasteiger partial charge in [0.1, 0.15) is 6.29 Å². The molecule has 1 atom stereocenters. The number of fused-ring (bicyclic) bond motifs is 1. The van der Waals surface area contributed by atoms with E-state index in [0.29, 0.717) is 5.56 Å². The number of aryl methyl sites for hydroxylation is 2. The molecule has 5 heteroatoms. The van der Waals surface area contributed by atoms with Crippen molar-refractivity contribution >= 4 is 12.2 Å². The molecule has 30 heavy (non-hydrogen) atoms. The van der Waals surface area contributed by atoms with E-state index in [1.807, 2.05) is 36.4 Å². The van der Waals surface area contributed by atoms with E-state index < -0.39 is 0 Å². The maximum absolute atomic E-state index is 12.8. The molecular formula is C25H29N3O2. The number of amides is 1. The fourth-order valence-corrected chi connectivity index (χ4v) is 3.54. The molecule has 1 aromatic heterocycles. The maximum atomic E-state index is 12.8. The van der Waals surface area contributed by atoms with Crippen LogP contribution in [0.25, 0.3) is 0 Å². The van der Waals surface area contributed by atoms with Crippen LogP contribution in [0, 0.1) is 6.92 Å². The van der Waals surface area contributed by atoms with Crippen LogP contribution in [0.3, 0.4) is 0 Å². The van der Waals surface area contributed by atoms with Crippen LogP contribution in [0.15, 0.2) is 79.1 Å². The lowest BCUT2D eigenvalue weighted by atomic mass is 10.0. The monoisotopic (exact) mass is 403 g/mol. The molecule has 0 spiro atoms. The SMILES string of the molecule is CN.Cc1ccc2c(c1)CCC2N(CC=O)C(=O)c1ccccc1.c1ccncc1. The van der Waals surface area contributed by atoms with Crippen LogP contribution in [0.4, 0.5) is 0 Å². The predicted molar refractivity (Wildman–Crippen MR) is 120 cm³/mol. The lowest BCUT2D eigenvalue weighted by Gasteiger charge is -2.28. The van der Waals surface area contributed by atoms with E-state index in [0.717, 1.165) is 19.1 Å². The summed E-state index contributed by atoms with van der Waals surface area (Å²) in [7, 11) is 1.50. The fourth-order valence-electron chi connectivity index (χ4n) is 3.54. The Labute approximate surface area is 178 Å². The van der Waals surface area contributed by atoms with Crippen LogP contribution in [-0.4, -0.2) is 35.7 Å². The van der Waals surface area contributed by atoms with E-state index >= 15 is 0 Å². The first-order chi connectivity index (χ1) is 14.7. The molecule has 156 valence electrons. The van der Waals surface area contributed by atoms with Gasteiger partial charge in [-0.05, 0) is 62.2 Å². The Morgan fingerprint density at radius 2 is 1.73 bits per heavy atom. The molecule has 2 N–H and O–H groups in total. The third kappa shape index (κ3) is 6.09. The van der Waals surface area contributed by atoms with Gasteiger partial charge in [-0.25, -0.2) is 0 Å². The molecule has 1 unspecified atom stereocenters. The minimum atomic E-state index is -0.0777. The Morgan fingerprint density at radius 1 is 1.07 bits per heavy atom. The number of hydrogen-bond acceptors (Lipinski definition) is 4. The lowest BCUT2D eigenvalue weighted by molar-refractivity contribution is -0.108. The van der Waals surface area contributed by atoms with Crippen molar-refractivity contribution in [2.75, 3.05) is 13.6 Å². The molecular weight excluding hydrogens is 374 g/mol. The van der Waals surface area contributed by atoms with Crippen molar-refractivity contribution in [1.29, 1.82) is 0 Å². The Kier molecular flexibility index (Phi) is 9.42. The molecule has 0 saturated heterocycles. The lowest BCUT2D eigenvalue weighted by Crippen LogP contribution is -2.35. The highest BCUT2D eigenvalue weighted by Crippen LogP contribution is 2.36. The Hall–Kier alpha value is -3.31. The second-order valence-electron chi connectivity index (χ2n) is 6.77. The molecule has 1 aliphatic carbocycles. The molecule has 2 aromatic carbocycles. The largest absolute Gasteiger partial charge is 0.333 e. The van der Waals surface area contributed by atoms with Crippen molar-refractivity contribution in [3.8, 4) is 0 Å². The van der Waals surface area contributed by atoms with Crippen molar-refractivity contribution in [2.24, 2.45) is 5.73 Å². The van der Waals surface area contributed by atoms with Crippen molar-refractivity contribution in [1.82, 2.24) is 9.88 Å². The average molecular weight is 404 g/mol. The van der Waals surface area contributed by atoms with Gasteiger partial charge in [-0.15, -0.1) is 0 Å².